The van der Waals surface area contributed by atoms with Gasteiger partial charge in [-0.15, -0.1) is 0 Å². The summed E-state index contributed by atoms with van der Waals surface area (Å²) >= 11 is 3.42. The van der Waals surface area contributed by atoms with Crippen LogP contribution < -0.4 is 5.32 Å². The summed E-state index contributed by atoms with van der Waals surface area (Å²) in [6.45, 7) is 3.90. The summed E-state index contributed by atoms with van der Waals surface area (Å²) in [5.74, 6) is -0.750. The molecule has 0 aliphatic heterocycles. The van der Waals surface area contributed by atoms with Crippen LogP contribution in [0.2, 0.25) is 0 Å². The van der Waals surface area contributed by atoms with E-state index in [4.69, 9.17) is 0 Å². The second-order valence-corrected chi connectivity index (χ2v) is 5.26. The fourth-order valence-corrected chi connectivity index (χ4v) is 2.66. The van der Waals surface area contributed by atoms with Gasteiger partial charge in [0.05, 0.1) is 5.69 Å². The Morgan fingerprint density at radius 2 is 1.95 bits per heavy atom. The second kappa shape index (κ2) is 5.53. The van der Waals surface area contributed by atoms with Crippen molar-refractivity contribution in [2.24, 2.45) is 0 Å². The fourth-order valence-electron chi connectivity index (χ4n) is 1.89. The van der Waals surface area contributed by atoms with Crippen LogP contribution >= 0.6 is 15.9 Å². The van der Waals surface area contributed by atoms with Crippen molar-refractivity contribution in [3.05, 3.63) is 63.4 Å². The first-order valence-electron chi connectivity index (χ1n) is 5.81. The highest BCUT2D eigenvalue weighted by Crippen LogP contribution is 2.28. The lowest BCUT2D eigenvalue weighted by atomic mass is 10.1. The van der Waals surface area contributed by atoms with E-state index in [2.05, 4.69) is 21.2 Å². The van der Waals surface area contributed by atoms with Crippen LogP contribution in [0.1, 0.15) is 21.5 Å². The van der Waals surface area contributed by atoms with E-state index in [1.165, 1.54) is 18.2 Å². The van der Waals surface area contributed by atoms with Gasteiger partial charge in [0.1, 0.15) is 5.82 Å². The monoisotopic (exact) mass is 321 g/mol. The van der Waals surface area contributed by atoms with Crippen molar-refractivity contribution in [1.29, 1.82) is 0 Å². The SMILES string of the molecule is Cc1cc(C)c(NC(=O)c2cccc(F)c2)c(Br)c1. The van der Waals surface area contributed by atoms with E-state index >= 15 is 0 Å². The Balaban J connectivity index is 2.29. The van der Waals surface area contributed by atoms with Gasteiger partial charge in [-0.25, -0.2) is 4.39 Å². The number of nitrogens with one attached hydrogen (secondary N) is 1. The summed E-state index contributed by atoms with van der Waals surface area (Å²) in [6.07, 6.45) is 0. The fraction of sp³-hybridized carbons (Fsp3) is 0.133. The van der Waals surface area contributed by atoms with Crippen LogP contribution in [0.25, 0.3) is 0 Å². The van der Waals surface area contributed by atoms with Crippen LogP contribution in [0.15, 0.2) is 40.9 Å². The molecule has 0 atom stereocenters. The first-order valence-corrected chi connectivity index (χ1v) is 6.60. The third kappa shape index (κ3) is 3.20. The highest BCUT2D eigenvalue weighted by molar-refractivity contribution is 9.10. The van der Waals surface area contributed by atoms with Crippen LogP contribution in [0.3, 0.4) is 0 Å². The Morgan fingerprint density at radius 1 is 1.21 bits per heavy atom. The lowest BCUT2D eigenvalue weighted by Gasteiger charge is -2.11. The van der Waals surface area contributed by atoms with Crippen molar-refractivity contribution < 1.29 is 9.18 Å². The maximum Gasteiger partial charge on any atom is 0.255 e. The van der Waals surface area contributed by atoms with E-state index in [1.807, 2.05) is 26.0 Å². The number of amides is 1. The molecule has 0 radical (unpaired) electrons. The molecule has 98 valence electrons. The number of hydrogen-bond acceptors (Lipinski definition) is 1. The van der Waals surface area contributed by atoms with Gasteiger partial charge in [0.15, 0.2) is 0 Å². The molecule has 4 heteroatoms. The summed E-state index contributed by atoms with van der Waals surface area (Å²) in [5, 5.41) is 2.80. The highest BCUT2D eigenvalue weighted by Gasteiger charge is 2.11. The molecule has 0 spiro atoms. The van der Waals surface area contributed by atoms with Gasteiger partial charge in [0, 0.05) is 10.0 Å². The summed E-state index contributed by atoms with van der Waals surface area (Å²) in [4.78, 5) is 12.1. The molecule has 2 rings (SSSR count). The predicted molar refractivity (Wildman–Crippen MR) is 78.0 cm³/mol. The topological polar surface area (TPSA) is 29.1 Å². The molecule has 2 aromatic carbocycles. The quantitative estimate of drug-likeness (QED) is 0.869. The molecule has 19 heavy (non-hydrogen) atoms. The number of hydrogen-bond donors (Lipinski definition) is 1. The average molecular weight is 322 g/mol. The minimum Gasteiger partial charge on any atom is -0.321 e. The Morgan fingerprint density at radius 3 is 2.58 bits per heavy atom. The van der Waals surface area contributed by atoms with E-state index in [0.717, 1.165) is 15.6 Å². The largest absolute Gasteiger partial charge is 0.321 e. The van der Waals surface area contributed by atoms with Crippen molar-refractivity contribution in [3.8, 4) is 0 Å². The standard InChI is InChI=1S/C15H13BrFNO/c1-9-6-10(2)14(13(16)7-9)18-15(19)11-4-3-5-12(17)8-11/h3-8H,1-2H3,(H,18,19). The number of aryl methyl sites for hydroxylation is 2. The first-order chi connectivity index (χ1) is 8.97. The van der Waals surface area contributed by atoms with Crippen LogP contribution in [0, 0.1) is 19.7 Å². The maximum absolute atomic E-state index is 13.1. The normalized spacial score (nSPS) is 10.3. The van der Waals surface area contributed by atoms with Crippen molar-refractivity contribution in [2.75, 3.05) is 5.32 Å². The minimum absolute atomic E-state index is 0.298. The molecule has 0 fully saturated rings. The molecule has 2 aromatic rings. The molecule has 1 N–H and O–H groups in total. The van der Waals surface area contributed by atoms with Crippen molar-refractivity contribution in [2.45, 2.75) is 13.8 Å². The molecule has 0 unspecified atom stereocenters. The van der Waals surface area contributed by atoms with Crippen molar-refractivity contribution in [1.82, 2.24) is 0 Å². The molecular weight excluding hydrogens is 309 g/mol. The first kappa shape index (κ1) is 13.7. The number of carbonyl (C=O) groups excluding carboxylic acids is 1. The molecule has 0 saturated carbocycles. The Kier molecular flexibility index (Phi) is 4.00. The molecular formula is C15H13BrFNO. The summed E-state index contributed by atoms with van der Waals surface area (Å²) in [5.41, 5.74) is 3.07. The van der Waals surface area contributed by atoms with Gasteiger partial charge in [-0.2, -0.15) is 0 Å². The zero-order chi connectivity index (χ0) is 14.0. The molecule has 0 heterocycles. The number of rotatable bonds is 2. The smallest absolute Gasteiger partial charge is 0.255 e. The Bertz CT molecular complexity index is 617. The molecule has 0 bridgehead atoms. The molecule has 0 aliphatic rings. The van der Waals surface area contributed by atoms with Crippen LogP contribution in [0.4, 0.5) is 10.1 Å². The van der Waals surface area contributed by atoms with Gasteiger partial charge in [-0.1, -0.05) is 12.1 Å². The lowest BCUT2D eigenvalue weighted by Crippen LogP contribution is -2.13. The Hall–Kier alpha value is -1.68. The highest BCUT2D eigenvalue weighted by atomic mass is 79.9. The Labute approximate surface area is 119 Å². The maximum atomic E-state index is 13.1. The van der Waals surface area contributed by atoms with Gasteiger partial charge in [-0.05, 0) is 65.2 Å². The number of anilines is 1. The predicted octanol–water partition coefficient (Wildman–Crippen LogP) is 4.46. The van der Waals surface area contributed by atoms with Gasteiger partial charge in [0.25, 0.3) is 5.91 Å². The van der Waals surface area contributed by atoms with Gasteiger partial charge < -0.3 is 5.32 Å². The van der Waals surface area contributed by atoms with E-state index in [1.54, 1.807) is 6.07 Å². The third-order valence-corrected chi connectivity index (χ3v) is 3.38. The minimum atomic E-state index is -0.424. The molecule has 0 aromatic heterocycles. The summed E-state index contributed by atoms with van der Waals surface area (Å²) in [7, 11) is 0. The van der Waals surface area contributed by atoms with Gasteiger partial charge in [-0.3, -0.25) is 4.79 Å². The molecule has 1 amide bonds. The van der Waals surface area contributed by atoms with Crippen LogP contribution in [-0.4, -0.2) is 5.91 Å². The van der Waals surface area contributed by atoms with E-state index in [0.29, 0.717) is 11.3 Å². The lowest BCUT2D eigenvalue weighted by molar-refractivity contribution is 0.102. The molecule has 2 nitrogen and oxygen atoms in total. The molecule has 0 saturated heterocycles. The van der Waals surface area contributed by atoms with Crippen LogP contribution in [0.5, 0.6) is 0 Å². The van der Waals surface area contributed by atoms with Crippen LogP contribution in [-0.2, 0) is 0 Å². The number of halogens is 2. The van der Waals surface area contributed by atoms with Crippen molar-refractivity contribution >= 4 is 27.5 Å². The number of benzene rings is 2. The third-order valence-electron chi connectivity index (χ3n) is 2.76. The summed E-state index contributed by atoms with van der Waals surface area (Å²) in [6, 6.07) is 9.52. The van der Waals surface area contributed by atoms with E-state index in [-0.39, 0.29) is 5.91 Å². The zero-order valence-corrected chi connectivity index (χ0v) is 12.2. The van der Waals surface area contributed by atoms with E-state index < -0.39 is 5.82 Å². The van der Waals surface area contributed by atoms with Gasteiger partial charge in [0.2, 0.25) is 0 Å². The van der Waals surface area contributed by atoms with Crippen molar-refractivity contribution in [3.63, 3.8) is 0 Å². The zero-order valence-electron chi connectivity index (χ0n) is 10.6. The average Bonchev–Trinajstić information content (AvgIpc) is 2.33. The molecule has 0 aliphatic carbocycles. The van der Waals surface area contributed by atoms with Gasteiger partial charge >= 0.3 is 0 Å². The number of carbonyl (C=O) groups is 1. The summed E-state index contributed by atoms with van der Waals surface area (Å²) < 4.78 is 13.9. The van der Waals surface area contributed by atoms with E-state index in [9.17, 15) is 9.18 Å². The second-order valence-electron chi connectivity index (χ2n) is 4.40.